The molecule has 0 fully saturated rings. The van der Waals surface area contributed by atoms with E-state index >= 15 is 0 Å². The Kier molecular flexibility index (Phi) is 24.7. The van der Waals surface area contributed by atoms with Crippen LogP contribution in [0.3, 0.4) is 0 Å². The number of carbonyl (C=O) groups excluding carboxylic acids is 1. The molecule has 4 nitrogen and oxygen atoms in total. The monoisotopic (exact) mass is 1310 g/mol. The zero-order valence-corrected chi connectivity index (χ0v) is 59.4. The second-order valence-corrected chi connectivity index (χ2v) is 27.4. The van der Waals surface area contributed by atoms with Crippen molar-refractivity contribution >= 4 is 15.6 Å². The average Bonchev–Trinajstić information content (AvgIpc) is 0.716. The van der Waals surface area contributed by atoms with Gasteiger partial charge in [-0.2, -0.15) is 26.3 Å². The summed E-state index contributed by atoms with van der Waals surface area (Å²) >= 11 is 0. The van der Waals surface area contributed by atoms with E-state index in [9.17, 15) is 39.6 Å². The van der Waals surface area contributed by atoms with Crippen molar-refractivity contribution in [3.8, 4) is 22.6 Å². The van der Waals surface area contributed by atoms with Gasteiger partial charge in [0, 0.05) is 11.1 Å². The second-order valence-electron chi connectivity index (χ2n) is 25.5. The summed E-state index contributed by atoms with van der Waals surface area (Å²) in [4.78, 5) is 13.1. The molecule has 95 heavy (non-hydrogen) atoms. The van der Waals surface area contributed by atoms with E-state index in [-0.39, 0.29) is 5.78 Å². The van der Waals surface area contributed by atoms with Gasteiger partial charge in [0.25, 0.3) is 0 Å². The van der Waals surface area contributed by atoms with Crippen molar-refractivity contribution in [3.05, 3.63) is 316 Å². The number of ketones is 1. The third-order valence-electron chi connectivity index (χ3n) is 18.4. The van der Waals surface area contributed by atoms with Gasteiger partial charge >= 0.3 is 12.4 Å². The van der Waals surface area contributed by atoms with Gasteiger partial charge in [0.1, 0.15) is 11.5 Å². The topological polar surface area (TPSA) is 60.4 Å². The van der Waals surface area contributed by atoms with E-state index in [0.29, 0.717) is 32.0 Å². The van der Waals surface area contributed by atoms with Crippen molar-refractivity contribution in [2.75, 3.05) is 0 Å². The maximum absolute atomic E-state index is 14.0. The van der Waals surface area contributed by atoms with Crippen LogP contribution in [-0.2, 0) is 15.3 Å². The molecule has 0 aliphatic rings. The molecule has 0 unspecified atom stereocenters. The Morgan fingerprint density at radius 3 is 0.779 bits per heavy atom. The largest absolute Gasteiger partial charge is 0.457 e. The van der Waals surface area contributed by atoms with E-state index < -0.39 is 38.7 Å². The number of alkyl halides is 6. The van der Waals surface area contributed by atoms with Crippen molar-refractivity contribution in [2.45, 2.75) is 166 Å². The first-order chi connectivity index (χ1) is 44.3. The first kappa shape index (κ1) is 75.2. The average molecular weight is 1310 g/mol. The maximum Gasteiger partial charge on any atom is 0.411 e. The molecule has 0 saturated heterocycles. The lowest BCUT2D eigenvalue weighted by molar-refractivity contribution is -0.288. The molecule has 0 bridgehead atoms. The van der Waals surface area contributed by atoms with E-state index in [1.807, 2.05) is 102 Å². The lowest BCUT2D eigenvalue weighted by Gasteiger charge is -2.38. The molecule has 0 spiro atoms. The number of hydrogen-bond donors (Lipinski definition) is 0. The van der Waals surface area contributed by atoms with Gasteiger partial charge in [-0.15, -0.1) is 0 Å². The van der Waals surface area contributed by atoms with Crippen LogP contribution >= 0.6 is 0 Å². The summed E-state index contributed by atoms with van der Waals surface area (Å²) in [6, 6.07) is 54.3. The lowest BCUT2D eigenvalue weighted by Crippen LogP contribution is -2.54. The Labute approximate surface area is 561 Å². The molecule has 0 N–H and O–H groups in total. The lowest BCUT2D eigenvalue weighted by atomic mass is 9.71. The Morgan fingerprint density at radius 2 is 0.516 bits per heavy atom. The molecular formula is C84H90F6O4S. The minimum absolute atomic E-state index is 0.0983. The molecule has 0 atom stereocenters. The van der Waals surface area contributed by atoms with Crippen LogP contribution in [0.15, 0.2) is 192 Å². The highest BCUT2D eigenvalue weighted by molar-refractivity contribution is 7.91. The molecule has 0 amide bonds. The van der Waals surface area contributed by atoms with Crippen molar-refractivity contribution in [1.82, 2.24) is 0 Å². The number of hydrogen-bond acceptors (Lipinski definition) is 4. The maximum atomic E-state index is 14.0. The first-order valence-electron chi connectivity index (χ1n) is 31.6. The van der Waals surface area contributed by atoms with Crippen LogP contribution < -0.4 is 4.74 Å². The molecule has 10 aromatic carbocycles. The second kappa shape index (κ2) is 31.2. The van der Waals surface area contributed by atoms with Gasteiger partial charge in [0.2, 0.25) is 15.3 Å². The van der Waals surface area contributed by atoms with Gasteiger partial charge in [-0.25, -0.2) is 8.42 Å². The van der Waals surface area contributed by atoms with Crippen LogP contribution in [0.5, 0.6) is 11.5 Å². The molecule has 10 aromatic rings. The number of rotatable bonds is 9. The molecule has 0 aliphatic heterocycles. The predicted molar refractivity (Wildman–Crippen MR) is 380 cm³/mol. The van der Waals surface area contributed by atoms with Crippen molar-refractivity contribution in [1.29, 1.82) is 0 Å². The van der Waals surface area contributed by atoms with Gasteiger partial charge in [-0.3, -0.25) is 4.79 Å². The molecule has 0 radical (unpaired) electrons. The summed E-state index contributed by atoms with van der Waals surface area (Å²) in [5.74, 6) is 1.90. The molecule has 10 rings (SSSR count). The van der Waals surface area contributed by atoms with E-state index in [2.05, 4.69) is 130 Å². The molecule has 0 aliphatic carbocycles. The number of halogens is 6. The van der Waals surface area contributed by atoms with Crippen LogP contribution in [0.2, 0.25) is 0 Å². The highest BCUT2D eigenvalue weighted by Crippen LogP contribution is 2.56. The zero-order chi connectivity index (χ0) is 70.8. The summed E-state index contributed by atoms with van der Waals surface area (Å²) in [6.45, 7) is 39.3. The van der Waals surface area contributed by atoms with Crippen LogP contribution in [0, 0.1) is 138 Å². The molecule has 0 aromatic heterocycles. The molecule has 0 heterocycles. The normalized spacial score (nSPS) is 11.4. The van der Waals surface area contributed by atoms with Crippen molar-refractivity contribution < 1.29 is 44.3 Å². The fourth-order valence-corrected chi connectivity index (χ4v) is 11.7. The van der Waals surface area contributed by atoms with Crippen LogP contribution in [0.1, 0.15) is 138 Å². The van der Waals surface area contributed by atoms with E-state index in [4.69, 9.17) is 4.74 Å². The summed E-state index contributed by atoms with van der Waals surface area (Å²) in [6.07, 6.45) is -11.1. The SMILES string of the molecule is Cc1ccc(-c2ccc(C)c(C)c2)cc1C.Cc1ccc(C(=O)c2ccc(C)c(C)c2)cc1C.Cc1ccc(C(c2ccc(C)c(C)c2)(C(F)(F)F)C(F)(F)F)cc1C.Cc1ccc(Oc2ccc(C)c(C)c2)cc1C.Cc1ccc(S(=O)(=O)c2ccc(C)c(C)c2)cc1C. The fourth-order valence-electron chi connectivity index (χ4n) is 10.3. The fraction of sp³-hybridized carbons (Fsp3) is 0.274. The number of ether oxygens (including phenoxy) is 1. The number of aryl methyl sites for hydroxylation is 20. The standard InChI is InChI=1S/C19H18F6.C17H18O.C16H18O2S.C16H18O.C16H18/c1-11-5-7-15(9-13(11)3)17(18(20,21)22,19(23,24)25)16-8-6-12(2)14(4)10-16;1-11-5-7-15(9-13(11)3)17(18)16-8-6-12(2)14(4)10-16;1-11-5-7-15(9-13(11)3)19(17,18)16-8-6-12(2)14(4)10-16;1-11-5-7-15(9-13(11)3)17-16-8-6-12(2)14(4)10-16;1-11-5-7-15(9-13(11)3)16-8-6-12(2)14(4)10-16/h5-10H,1-4H3;5-10H,1-4H3;5-10H,1-4H3;5-10H,1-4H3;5-10H,1-4H3. The smallest absolute Gasteiger partial charge is 0.411 e. The Balaban J connectivity index is 0.000000190. The third-order valence-corrected chi connectivity index (χ3v) is 20.1. The van der Waals surface area contributed by atoms with E-state index in [0.717, 1.165) is 80.3 Å². The number of carbonyl (C=O) groups is 1. The van der Waals surface area contributed by atoms with Crippen LogP contribution in [-0.4, -0.2) is 26.6 Å². The predicted octanol–water partition coefficient (Wildman–Crippen LogP) is 23.5. The van der Waals surface area contributed by atoms with Crippen LogP contribution in [0.4, 0.5) is 26.3 Å². The van der Waals surface area contributed by atoms with Gasteiger partial charge < -0.3 is 4.74 Å². The number of sulfone groups is 1. The molecular weight excluding hydrogens is 1220 g/mol. The first-order valence-corrected chi connectivity index (χ1v) is 33.1. The van der Waals surface area contributed by atoms with Gasteiger partial charge in [-0.05, 0) is 333 Å². The zero-order valence-electron chi connectivity index (χ0n) is 58.6. The summed E-state index contributed by atoms with van der Waals surface area (Å²) < 4.78 is 115. The minimum Gasteiger partial charge on any atom is -0.457 e. The highest BCUT2D eigenvalue weighted by atomic mass is 32.2. The van der Waals surface area contributed by atoms with E-state index in [1.54, 1.807) is 38.1 Å². The number of benzene rings is 10. The Bertz CT molecular complexity index is 4250. The van der Waals surface area contributed by atoms with Gasteiger partial charge in [0.05, 0.1) is 9.79 Å². The minimum atomic E-state index is -5.55. The Hall–Kier alpha value is -8.80. The van der Waals surface area contributed by atoms with Crippen molar-refractivity contribution in [2.24, 2.45) is 0 Å². The summed E-state index contributed by atoms with van der Waals surface area (Å²) in [7, 11) is -3.42. The van der Waals surface area contributed by atoms with Crippen molar-refractivity contribution in [3.63, 3.8) is 0 Å². The highest BCUT2D eigenvalue weighted by Gasteiger charge is 2.72. The van der Waals surface area contributed by atoms with Gasteiger partial charge in [-0.1, -0.05) is 121 Å². The summed E-state index contributed by atoms with van der Waals surface area (Å²) in [5, 5.41) is 0. The van der Waals surface area contributed by atoms with Gasteiger partial charge in [0.15, 0.2) is 5.78 Å². The molecule has 11 heteroatoms. The quantitative estimate of drug-likeness (QED) is 0.107. The van der Waals surface area contributed by atoms with E-state index in [1.165, 1.54) is 92.7 Å². The van der Waals surface area contributed by atoms with Crippen LogP contribution in [0.25, 0.3) is 11.1 Å². The molecule has 498 valence electrons. The Morgan fingerprint density at radius 1 is 0.274 bits per heavy atom. The third kappa shape index (κ3) is 18.4. The molecule has 0 saturated carbocycles. The summed E-state index contributed by atoms with van der Waals surface area (Å²) in [5.41, 5.74) is 19.9.